The van der Waals surface area contributed by atoms with Gasteiger partial charge in [0.25, 0.3) is 0 Å². The number of nitrogens with one attached hydrogen (secondary N) is 1. The minimum Gasteiger partial charge on any atom is -0.368 e. The van der Waals surface area contributed by atoms with Gasteiger partial charge in [-0.05, 0) is 58.4 Å². The lowest BCUT2D eigenvalue weighted by atomic mass is 9.84. The quantitative estimate of drug-likeness (QED) is 0.715. The van der Waals surface area contributed by atoms with E-state index in [1.54, 1.807) is 0 Å². The molecule has 0 unspecified atom stereocenters. The average molecular weight is 365 g/mol. The van der Waals surface area contributed by atoms with E-state index in [4.69, 9.17) is 15.0 Å². The molecule has 1 aliphatic rings. The third-order valence-electron chi connectivity index (χ3n) is 5.50. The van der Waals surface area contributed by atoms with Crippen LogP contribution in [-0.2, 0) is 11.3 Å². The second-order valence-electron chi connectivity index (χ2n) is 8.57. The summed E-state index contributed by atoms with van der Waals surface area (Å²) in [5, 5.41) is 10.1. The van der Waals surface area contributed by atoms with Gasteiger partial charge < -0.3 is 14.3 Å². The Morgan fingerprint density at radius 2 is 2.07 bits per heavy atom. The van der Waals surface area contributed by atoms with Gasteiger partial charge in [0.15, 0.2) is 0 Å². The lowest BCUT2D eigenvalue weighted by Crippen LogP contribution is -2.23. The number of imidazole rings is 1. The molecule has 27 heavy (non-hydrogen) atoms. The standard InChI is InChI=1S/C21H27N5O/c1-21(2,3)27-13-18-25-17-12-24-20-16(9-11-23-20)19(17)26(18)15-6-4-14(5-7-15)8-10-22/h9,11-12,14-15H,4-8,13H2,1-3H3,(H,23,24). The summed E-state index contributed by atoms with van der Waals surface area (Å²) in [7, 11) is 0. The molecule has 0 aliphatic heterocycles. The number of aromatic amines is 1. The van der Waals surface area contributed by atoms with Gasteiger partial charge in [-0.2, -0.15) is 5.26 Å². The van der Waals surface area contributed by atoms with E-state index < -0.39 is 0 Å². The summed E-state index contributed by atoms with van der Waals surface area (Å²) in [6.07, 6.45) is 8.81. The van der Waals surface area contributed by atoms with Gasteiger partial charge in [-0.15, -0.1) is 0 Å². The second-order valence-corrected chi connectivity index (χ2v) is 8.57. The molecule has 4 rings (SSSR count). The van der Waals surface area contributed by atoms with Crippen LogP contribution >= 0.6 is 0 Å². The van der Waals surface area contributed by atoms with Gasteiger partial charge in [-0.3, -0.25) is 0 Å². The third kappa shape index (κ3) is 3.57. The number of H-pyrrole nitrogens is 1. The van der Waals surface area contributed by atoms with E-state index in [1.807, 2.05) is 12.4 Å². The molecule has 0 spiro atoms. The minimum absolute atomic E-state index is 0.213. The van der Waals surface area contributed by atoms with Crippen LogP contribution in [0.5, 0.6) is 0 Å². The minimum atomic E-state index is -0.213. The normalized spacial score (nSPS) is 21.0. The summed E-state index contributed by atoms with van der Waals surface area (Å²) in [6.45, 7) is 6.69. The number of hydrogen-bond donors (Lipinski definition) is 1. The Balaban J connectivity index is 1.75. The number of nitriles is 1. The number of hydrogen-bond acceptors (Lipinski definition) is 4. The van der Waals surface area contributed by atoms with Crippen molar-refractivity contribution in [3.05, 3.63) is 24.3 Å². The molecule has 1 aliphatic carbocycles. The maximum absolute atomic E-state index is 9.00. The molecule has 6 nitrogen and oxygen atoms in total. The Bertz CT molecular complexity index is 980. The zero-order valence-electron chi connectivity index (χ0n) is 16.3. The molecule has 3 heterocycles. The molecule has 0 bridgehead atoms. The molecule has 3 aromatic heterocycles. The van der Waals surface area contributed by atoms with E-state index in [0.29, 0.717) is 25.0 Å². The van der Waals surface area contributed by atoms with Gasteiger partial charge in [-0.25, -0.2) is 9.97 Å². The molecule has 1 fully saturated rings. The third-order valence-corrected chi connectivity index (χ3v) is 5.50. The Labute approximate surface area is 159 Å². The highest BCUT2D eigenvalue weighted by Gasteiger charge is 2.27. The number of ether oxygens (including phenoxy) is 1. The maximum atomic E-state index is 9.00. The van der Waals surface area contributed by atoms with Crippen molar-refractivity contribution in [1.82, 2.24) is 19.5 Å². The molecule has 6 heteroatoms. The first kappa shape index (κ1) is 18.0. The van der Waals surface area contributed by atoms with Crippen molar-refractivity contribution in [1.29, 1.82) is 5.26 Å². The van der Waals surface area contributed by atoms with Gasteiger partial charge in [0.05, 0.1) is 23.4 Å². The smallest absolute Gasteiger partial charge is 0.139 e. The van der Waals surface area contributed by atoms with Crippen LogP contribution in [-0.4, -0.2) is 25.1 Å². The van der Waals surface area contributed by atoms with Gasteiger partial charge in [0, 0.05) is 24.0 Å². The molecular formula is C21H27N5O. The van der Waals surface area contributed by atoms with E-state index in [-0.39, 0.29) is 5.60 Å². The van der Waals surface area contributed by atoms with Crippen LogP contribution in [0.2, 0.25) is 0 Å². The fourth-order valence-corrected chi connectivity index (χ4v) is 4.15. The average Bonchev–Trinajstić information content (AvgIpc) is 3.24. The van der Waals surface area contributed by atoms with Crippen molar-refractivity contribution in [2.75, 3.05) is 0 Å². The predicted molar refractivity (Wildman–Crippen MR) is 105 cm³/mol. The molecule has 3 aromatic rings. The lowest BCUT2D eigenvalue weighted by molar-refractivity contribution is -0.0198. The number of rotatable bonds is 4. The molecule has 0 amide bonds. The molecular weight excluding hydrogens is 338 g/mol. The highest BCUT2D eigenvalue weighted by molar-refractivity contribution is 6.01. The van der Waals surface area contributed by atoms with Crippen molar-refractivity contribution in [2.24, 2.45) is 5.92 Å². The fourth-order valence-electron chi connectivity index (χ4n) is 4.15. The van der Waals surface area contributed by atoms with Crippen LogP contribution in [0, 0.1) is 17.2 Å². The molecule has 142 valence electrons. The van der Waals surface area contributed by atoms with Crippen molar-refractivity contribution < 1.29 is 4.74 Å². The van der Waals surface area contributed by atoms with Crippen molar-refractivity contribution in [3.63, 3.8) is 0 Å². The first-order valence-corrected chi connectivity index (χ1v) is 9.80. The fraction of sp³-hybridized carbons (Fsp3) is 0.571. The summed E-state index contributed by atoms with van der Waals surface area (Å²) in [4.78, 5) is 12.6. The van der Waals surface area contributed by atoms with Gasteiger partial charge in [-0.1, -0.05) is 0 Å². The van der Waals surface area contributed by atoms with Crippen molar-refractivity contribution in [2.45, 2.75) is 71.1 Å². The van der Waals surface area contributed by atoms with Crippen LogP contribution in [0.4, 0.5) is 0 Å². The predicted octanol–water partition coefficient (Wildman–Crippen LogP) is 4.87. The molecule has 1 saturated carbocycles. The number of aromatic nitrogens is 4. The molecule has 0 saturated heterocycles. The van der Waals surface area contributed by atoms with E-state index >= 15 is 0 Å². The summed E-state index contributed by atoms with van der Waals surface area (Å²) < 4.78 is 8.47. The molecule has 0 radical (unpaired) electrons. The second kappa shape index (κ2) is 6.97. The Hall–Kier alpha value is -2.39. The molecule has 0 aromatic carbocycles. The Morgan fingerprint density at radius 3 is 2.78 bits per heavy atom. The Kier molecular flexibility index (Phi) is 4.65. The van der Waals surface area contributed by atoms with Gasteiger partial charge in [0.2, 0.25) is 0 Å². The number of nitrogens with zero attached hydrogens (tertiary/aromatic N) is 4. The van der Waals surface area contributed by atoms with E-state index in [1.165, 1.54) is 0 Å². The van der Waals surface area contributed by atoms with Crippen LogP contribution in [0.3, 0.4) is 0 Å². The zero-order valence-corrected chi connectivity index (χ0v) is 16.3. The molecule has 1 N–H and O–H groups in total. The largest absolute Gasteiger partial charge is 0.368 e. The highest BCUT2D eigenvalue weighted by atomic mass is 16.5. The first-order valence-electron chi connectivity index (χ1n) is 9.80. The van der Waals surface area contributed by atoms with Crippen molar-refractivity contribution in [3.8, 4) is 6.07 Å². The Morgan fingerprint density at radius 1 is 1.30 bits per heavy atom. The summed E-state index contributed by atoms with van der Waals surface area (Å²) in [5.41, 5.74) is 2.76. The van der Waals surface area contributed by atoms with Crippen molar-refractivity contribution >= 4 is 22.1 Å². The van der Waals surface area contributed by atoms with Crippen LogP contribution in [0.25, 0.3) is 22.1 Å². The monoisotopic (exact) mass is 365 g/mol. The summed E-state index contributed by atoms with van der Waals surface area (Å²) in [5.74, 6) is 1.50. The summed E-state index contributed by atoms with van der Waals surface area (Å²) in [6, 6.07) is 4.81. The lowest BCUT2D eigenvalue weighted by Gasteiger charge is -2.30. The van der Waals surface area contributed by atoms with E-state index in [2.05, 4.69) is 47.4 Å². The van der Waals surface area contributed by atoms with E-state index in [0.717, 1.165) is 53.6 Å². The highest BCUT2D eigenvalue weighted by Crippen LogP contribution is 2.38. The number of fused-ring (bicyclic) bond motifs is 3. The zero-order chi connectivity index (χ0) is 19.0. The van der Waals surface area contributed by atoms with Gasteiger partial charge >= 0.3 is 0 Å². The topological polar surface area (TPSA) is 79.5 Å². The summed E-state index contributed by atoms with van der Waals surface area (Å²) >= 11 is 0. The maximum Gasteiger partial charge on any atom is 0.139 e. The van der Waals surface area contributed by atoms with Gasteiger partial charge in [0.1, 0.15) is 23.6 Å². The van der Waals surface area contributed by atoms with E-state index in [9.17, 15) is 0 Å². The van der Waals surface area contributed by atoms with Crippen LogP contribution in [0.15, 0.2) is 18.5 Å². The SMILES string of the molecule is CC(C)(C)OCc1nc2cnc3[nH]ccc3c2n1C1CCC(CC#N)CC1. The van der Waals surface area contributed by atoms with Crippen LogP contribution in [0.1, 0.15) is 64.7 Å². The first-order chi connectivity index (χ1) is 13.0. The molecule has 0 atom stereocenters. The number of pyridine rings is 1. The van der Waals surface area contributed by atoms with Crippen LogP contribution < -0.4 is 0 Å².